The number of fused-ring (bicyclic) bond motifs is 3. The molecule has 0 aromatic carbocycles. The van der Waals surface area contributed by atoms with Crippen LogP contribution in [-0.4, -0.2) is 34.5 Å². The van der Waals surface area contributed by atoms with Gasteiger partial charge in [0.15, 0.2) is 5.78 Å². The van der Waals surface area contributed by atoms with E-state index in [1.165, 1.54) is 0 Å². The van der Waals surface area contributed by atoms with Gasteiger partial charge in [0.05, 0.1) is 6.04 Å². The van der Waals surface area contributed by atoms with Crippen molar-refractivity contribution in [2.75, 3.05) is 0 Å². The fourth-order valence-corrected chi connectivity index (χ4v) is 2.85. The largest absolute Gasteiger partial charge is 0.444 e. The van der Waals surface area contributed by atoms with Crippen LogP contribution in [0.1, 0.15) is 47.0 Å². The number of piperidine rings is 2. The molecule has 1 aliphatic carbocycles. The van der Waals surface area contributed by atoms with E-state index in [1.807, 2.05) is 27.7 Å². The molecular formula is C13H21NO3. The molecule has 2 bridgehead atoms. The molecule has 3 atom stereocenters. The standard InChI is InChI=1S/C13H21NO3/c1-8-9-5-6-10(11(15)7-9)14(8)12(16)17-13(2,3)4/h8-10H,5-7H2,1-4H3/t8-,9-,10+/m1/s1. The molecule has 1 amide bonds. The SMILES string of the molecule is C[C@@H]1[C@@H]2CC[C@@H](C(=O)C2)N1C(=O)OC(C)(C)C. The van der Waals surface area contributed by atoms with Crippen molar-refractivity contribution in [3.63, 3.8) is 0 Å². The van der Waals surface area contributed by atoms with Crippen LogP contribution in [0.25, 0.3) is 0 Å². The highest BCUT2D eigenvalue weighted by Crippen LogP contribution is 2.38. The summed E-state index contributed by atoms with van der Waals surface area (Å²) in [5.41, 5.74) is -0.503. The number of ketones is 1. The summed E-state index contributed by atoms with van der Waals surface area (Å²) in [6.07, 6.45) is 2.14. The Labute approximate surface area is 102 Å². The van der Waals surface area contributed by atoms with E-state index in [2.05, 4.69) is 0 Å². The fourth-order valence-electron chi connectivity index (χ4n) is 2.85. The first kappa shape index (κ1) is 12.4. The van der Waals surface area contributed by atoms with E-state index in [0.29, 0.717) is 12.3 Å². The summed E-state index contributed by atoms with van der Waals surface area (Å²) >= 11 is 0. The van der Waals surface area contributed by atoms with Crippen molar-refractivity contribution in [2.24, 2.45) is 5.92 Å². The number of nitrogens with zero attached hydrogens (tertiary/aromatic N) is 1. The second kappa shape index (κ2) is 4.00. The number of ether oxygens (including phenoxy) is 1. The summed E-state index contributed by atoms with van der Waals surface area (Å²) in [4.78, 5) is 25.6. The monoisotopic (exact) mass is 239 g/mol. The minimum atomic E-state index is -0.503. The number of hydrogen-bond donors (Lipinski definition) is 0. The Morgan fingerprint density at radius 2 is 2.00 bits per heavy atom. The minimum absolute atomic E-state index is 0.126. The number of carbonyl (C=O) groups excluding carboxylic acids is 2. The van der Waals surface area contributed by atoms with Crippen LogP contribution in [0, 0.1) is 5.92 Å². The third-order valence-electron chi connectivity index (χ3n) is 3.71. The molecule has 17 heavy (non-hydrogen) atoms. The molecule has 3 rings (SSSR count). The summed E-state index contributed by atoms with van der Waals surface area (Å²) in [7, 11) is 0. The lowest BCUT2D eigenvalue weighted by atomic mass is 9.74. The van der Waals surface area contributed by atoms with Crippen molar-refractivity contribution >= 4 is 11.9 Å². The zero-order chi connectivity index (χ0) is 12.8. The third kappa shape index (κ3) is 2.31. The van der Waals surface area contributed by atoms with Crippen molar-refractivity contribution < 1.29 is 14.3 Å². The molecule has 0 unspecified atom stereocenters. The highest BCUT2D eigenvalue weighted by molar-refractivity contribution is 5.90. The van der Waals surface area contributed by atoms with Gasteiger partial charge < -0.3 is 4.74 Å². The van der Waals surface area contributed by atoms with Gasteiger partial charge in [0.1, 0.15) is 5.60 Å². The Bertz CT molecular complexity index is 345. The maximum absolute atomic E-state index is 12.1. The smallest absolute Gasteiger partial charge is 0.411 e. The van der Waals surface area contributed by atoms with Gasteiger partial charge in [-0.25, -0.2) is 4.79 Å². The Morgan fingerprint density at radius 3 is 2.53 bits per heavy atom. The maximum atomic E-state index is 12.1. The average molecular weight is 239 g/mol. The Hall–Kier alpha value is -1.06. The van der Waals surface area contributed by atoms with Crippen molar-refractivity contribution in [3.05, 3.63) is 0 Å². The number of hydrogen-bond acceptors (Lipinski definition) is 3. The molecule has 0 aromatic heterocycles. The van der Waals surface area contributed by atoms with Crippen LogP contribution in [0.5, 0.6) is 0 Å². The number of amides is 1. The summed E-state index contributed by atoms with van der Waals surface area (Å²) in [6.45, 7) is 7.56. The van der Waals surface area contributed by atoms with Crippen LogP contribution in [0.3, 0.4) is 0 Å². The van der Waals surface area contributed by atoms with E-state index < -0.39 is 5.60 Å². The predicted molar refractivity (Wildman–Crippen MR) is 63.7 cm³/mol. The molecule has 4 heteroatoms. The van der Waals surface area contributed by atoms with E-state index in [0.717, 1.165) is 12.8 Å². The first-order chi connectivity index (χ1) is 7.79. The fraction of sp³-hybridized carbons (Fsp3) is 0.846. The maximum Gasteiger partial charge on any atom is 0.411 e. The van der Waals surface area contributed by atoms with Crippen molar-refractivity contribution in [3.8, 4) is 0 Å². The Morgan fingerprint density at radius 1 is 1.35 bits per heavy atom. The number of carbonyl (C=O) groups is 2. The lowest BCUT2D eigenvalue weighted by molar-refractivity contribution is -0.136. The summed E-state index contributed by atoms with van der Waals surface area (Å²) in [5.74, 6) is 0.519. The highest BCUT2D eigenvalue weighted by atomic mass is 16.6. The summed E-state index contributed by atoms with van der Waals surface area (Å²) in [5, 5.41) is 0. The third-order valence-corrected chi connectivity index (χ3v) is 3.71. The van der Waals surface area contributed by atoms with E-state index in [-0.39, 0.29) is 24.0 Å². The number of rotatable bonds is 0. The zero-order valence-electron chi connectivity index (χ0n) is 11.0. The normalized spacial score (nSPS) is 32.8. The summed E-state index contributed by atoms with van der Waals surface area (Å²) in [6, 6.07) is -0.119. The van der Waals surface area contributed by atoms with E-state index in [9.17, 15) is 9.59 Å². The van der Waals surface area contributed by atoms with E-state index >= 15 is 0 Å². The average Bonchev–Trinajstić information content (AvgIpc) is 2.16. The lowest BCUT2D eigenvalue weighted by Crippen LogP contribution is -2.61. The van der Waals surface area contributed by atoms with Gasteiger partial charge in [0.25, 0.3) is 0 Å². The molecule has 2 aliphatic heterocycles. The van der Waals surface area contributed by atoms with Crippen molar-refractivity contribution in [1.82, 2.24) is 4.90 Å². The lowest BCUT2D eigenvalue weighted by Gasteiger charge is -2.48. The van der Waals surface area contributed by atoms with Crippen LogP contribution >= 0.6 is 0 Å². The van der Waals surface area contributed by atoms with Crippen molar-refractivity contribution in [2.45, 2.75) is 64.6 Å². The van der Waals surface area contributed by atoms with Gasteiger partial charge in [-0.1, -0.05) is 0 Å². The molecule has 4 nitrogen and oxygen atoms in total. The van der Waals surface area contributed by atoms with Gasteiger partial charge in [-0.05, 0) is 46.5 Å². The molecule has 0 N–H and O–H groups in total. The number of Topliss-reactive ketones (excluding diaryl/α,β-unsaturated/α-hetero) is 1. The molecule has 3 fully saturated rings. The molecule has 3 aliphatic rings. The van der Waals surface area contributed by atoms with Crippen molar-refractivity contribution in [1.29, 1.82) is 0 Å². The molecule has 0 radical (unpaired) electrons. The van der Waals surface area contributed by atoms with Crippen LogP contribution in [-0.2, 0) is 9.53 Å². The van der Waals surface area contributed by atoms with Crippen LogP contribution in [0.4, 0.5) is 4.79 Å². The topological polar surface area (TPSA) is 46.6 Å². The quantitative estimate of drug-likeness (QED) is 0.652. The minimum Gasteiger partial charge on any atom is -0.444 e. The molecule has 2 heterocycles. The van der Waals surface area contributed by atoms with Crippen LogP contribution in [0.2, 0.25) is 0 Å². The zero-order valence-corrected chi connectivity index (χ0v) is 11.0. The second-order valence-corrected chi connectivity index (χ2v) is 6.15. The molecule has 1 saturated carbocycles. The van der Waals surface area contributed by atoms with Gasteiger partial charge in [-0.3, -0.25) is 9.69 Å². The first-order valence-corrected chi connectivity index (χ1v) is 6.33. The Balaban J connectivity index is 2.14. The molecule has 0 aromatic rings. The molecule has 0 spiro atoms. The Kier molecular flexibility index (Phi) is 2.92. The molecule has 2 saturated heterocycles. The van der Waals surface area contributed by atoms with Gasteiger partial charge in [0, 0.05) is 12.5 Å². The highest BCUT2D eigenvalue weighted by Gasteiger charge is 2.47. The predicted octanol–water partition coefficient (Wildman–Crippen LogP) is 2.36. The molecular weight excluding hydrogens is 218 g/mol. The van der Waals surface area contributed by atoms with Crippen LogP contribution < -0.4 is 0 Å². The van der Waals surface area contributed by atoms with Gasteiger partial charge in [-0.15, -0.1) is 0 Å². The van der Waals surface area contributed by atoms with Gasteiger partial charge in [0.2, 0.25) is 0 Å². The van der Waals surface area contributed by atoms with E-state index in [1.54, 1.807) is 4.90 Å². The van der Waals surface area contributed by atoms with E-state index in [4.69, 9.17) is 4.74 Å². The summed E-state index contributed by atoms with van der Waals surface area (Å²) < 4.78 is 5.38. The first-order valence-electron chi connectivity index (χ1n) is 6.33. The van der Waals surface area contributed by atoms with Gasteiger partial charge >= 0.3 is 6.09 Å². The second-order valence-electron chi connectivity index (χ2n) is 6.15. The van der Waals surface area contributed by atoms with Gasteiger partial charge in [-0.2, -0.15) is 0 Å². The van der Waals surface area contributed by atoms with Crippen LogP contribution in [0.15, 0.2) is 0 Å². The molecule has 96 valence electrons.